The van der Waals surface area contributed by atoms with Crippen LogP contribution >= 0.6 is 0 Å². The molecular weight excluding hydrogens is 354 g/mol. The number of benzene rings is 2. The number of hydrogen-bond acceptors (Lipinski definition) is 4. The first-order valence-corrected chi connectivity index (χ1v) is 9.97. The molecular formula is C23H27NO4. The molecule has 0 fully saturated rings. The summed E-state index contributed by atoms with van der Waals surface area (Å²) in [5.74, 6) is 0.138. The van der Waals surface area contributed by atoms with Crippen molar-refractivity contribution in [3.8, 4) is 5.75 Å². The van der Waals surface area contributed by atoms with Gasteiger partial charge in [-0.05, 0) is 79.6 Å². The molecule has 0 saturated carbocycles. The number of esters is 1. The first kappa shape index (κ1) is 19.9. The van der Waals surface area contributed by atoms with Gasteiger partial charge in [0.1, 0.15) is 5.75 Å². The van der Waals surface area contributed by atoms with E-state index in [1.807, 2.05) is 19.1 Å². The van der Waals surface area contributed by atoms with Crippen molar-refractivity contribution >= 4 is 17.6 Å². The lowest BCUT2D eigenvalue weighted by Gasteiger charge is -2.16. The topological polar surface area (TPSA) is 64.6 Å². The monoisotopic (exact) mass is 381 g/mol. The minimum absolute atomic E-state index is 0.0560. The Morgan fingerprint density at radius 3 is 2.50 bits per heavy atom. The van der Waals surface area contributed by atoms with Crippen LogP contribution in [0.4, 0.5) is 5.69 Å². The Morgan fingerprint density at radius 2 is 1.75 bits per heavy atom. The minimum Gasteiger partial charge on any atom is -0.484 e. The number of unbranched alkanes of at least 4 members (excludes halogenated alkanes) is 1. The summed E-state index contributed by atoms with van der Waals surface area (Å²) in [6.45, 7) is 2.41. The number of fused-ring (bicyclic) bond motifs is 1. The summed E-state index contributed by atoms with van der Waals surface area (Å²) in [5, 5.41) is 2.78. The normalized spacial score (nSPS) is 12.8. The molecule has 148 valence electrons. The molecule has 28 heavy (non-hydrogen) atoms. The third kappa shape index (κ3) is 5.59. The highest BCUT2D eigenvalue weighted by molar-refractivity contribution is 5.93. The number of anilines is 1. The molecule has 0 aliphatic heterocycles. The summed E-state index contributed by atoms with van der Waals surface area (Å²) in [6, 6.07) is 12.7. The molecule has 1 amide bonds. The highest BCUT2D eigenvalue weighted by Crippen LogP contribution is 2.25. The number of rotatable bonds is 8. The highest BCUT2D eigenvalue weighted by Gasteiger charge is 2.11. The van der Waals surface area contributed by atoms with Crippen molar-refractivity contribution in [3.05, 3.63) is 59.2 Å². The average molecular weight is 381 g/mol. The van der Waals surface area contributed by atoms with E-state index in [0.29, 0.717) is 17.9 Å². The Balaban J connectivity index is 1.47. The fourth-order valence-electron chi connectivity index (χ4n) is 3.23. The van der Waals surface area contributed by atoms with Crippen molar-refractivity contribution in [2.75, 3.05) is 18.5 Å². The maximum atomic E-state index is 12.1. The molecule has 5 heteroatoms. The zero-order chi connectivity index (χ0) is 19.8. The van der Waals surface area contributed by atoms with Crippen molar-refractivity contribution in [3.63, 3.8) is 0 Å². The summed E-state index contributed by atoms with van der Waals surface area (Å²) in [4.78, 5) is 24.0. The van der Waals surface area contributed by atoms with Gasteiger partial charge in [0.15, 0.2) is 6.61 Å². The van der Waals surface area contributed by atoms with Gasteiger partial charge < -0.3 is 14.8 Å². The number of aryl methyl sites for hydroxylation is 2. The van der Waals surface area contributed by atoms with E-state index in [1.165, 1.54) is 24.0 Å². The zero-order valence-corrected chi connectivity index (χ0v) is 16.3. The van der Waals surface area contributed by atoms with Gasteiger partial charge in [-0.15, -0.1) is 0 Å². The van der Waals surface area contributed by atoms with Crippen molar-refractivity contribution in [2.24, 2.45) is 0 Å². The molecule has 0 unspecified atom stereocenters. The second-order valence-electron chi connectivity index (χ2n) is 7.04. The fraction of sp³-hybridized carbons (Fsp3) is 0.391. The maximum Gasteiger partial charge on any atom is 0.338 e. The fourth-order valence-corrected chi connectivity index (χ4v) is 3.23. The first-order valence-electron chi connectivity index (χ1n) is 9.97. The summed E-state index contributed by atoms with van der Waals surface area (Å²) in [7, 11) is 0. The van der Waals surface area contributed by atoms with Crippen LogP contribution in [-0.2, 0) is 22.4 Å². The van der Waals surface area contributed by atoms with Crippen LogP contribution in [0.15, 0.2) is 42.5 Å². The third-order valence-corrected chi connectivity index (χ3v) is 4.83. The summed E-state index contributed by atoms with van der Waals surface area (Å²) >= 11 is 0. The van der Waals surface area contributed by atoms with E-state index in [4.69, 9.17) is 9.47 Å². The Bertz CT molecular complexity index is 814. The standard InChI is InChI=1S/C23H27NO4/c1-2-3-14-27-23(26)18-8-11-20(12-9-18)24-22(25)16-28-21-13-10-17-6-4-5-7-19(17)15-21/h8-13,15H,2-7,14,16H2,1H3,(H,24,25). The molecule has 2 aromatic rings. The molecule has 0 atom stereocenters. The van der Waals surface area contributed by atoms with Crippen LogP contribution in [0, 0.1) is 0 Å². The van der Waals surface area contributed by atoms with Crippen molar-refractivity contribution in [1.29, 1.82) is 0 Å². The van der Waals surface area contributed by atoms with Gasteiger partial charge in [-0.1, -0.05) is 19.4 Å². The second-order valence-corrected chi connectivity index (χ2v) is 7.04. The van der Waals surface area contributed by atoms with Gasteiger partial charge in [-0.2, -0.15) is 0 Å². The summed E-state index contributed by atoms with van der Waals surface area (Å²) < 4.78 is 10.8. The van der Waals surface area contributed by atoms with E-state index in [1.54, 1.807) is 24.3 Å². The molecule has 3 rings (SSSR count). The van der Waals surface area contributed by atoms with Crippen LogP contribution in [0.3, 0.4) is 0 Å². The van der Waals surface area contributed by atoms with Crippen molar-refractivity contribution in [2.45, 2.75) is 45.4 Å². The number of amides is 1. The lowest BCUT2D eigenvalue weighted by Crippen LogP contribution is -2.20. The van der Waals surface area contributed by atoms with Gasteiger partial charge >= 0.3 is 5.97 Å². The van der Waals surface area contributed by atoms with Gasteiger partial charge in [-0.3, -0.25) is 4.79 Å². The van der Waals surface area contributed by atoms with Gasteiger partial charge in [-0.25, -0.2) is 4.79 Å². The quantitative estimate of drug-likeness (QED) is 0.539. The molecule has 0 spiro atoms. The molecule has 0 saturated heterocycles. The number of carbonyl (C=O) groups is 2. The molecule has 5 nitrogen and oxygen atoms in total. The van der Waals surface area contributed by atoms with Crippen LogP contribution < -0.4 is 10.1 Å². The van der Waals surface area contributed by atoms with Crippen LogP contribution in [0.25, 0.3) is 0 Å². The second kappa shape index (κ2) is 9.93. The predicted octanol–water partition coefficient (Wildman–Crippen LogP) is 4.54. The molecule has 1 aliphatic carbocycles. The Kier molecular flexibility index (Phi) is 7.06. The van der Waals surface area contributed by atoms with Crippen LogP contribution in [0.1, 0.15) is 54.1 Å². The van der Waals surface area contributed by atoms with Crippen LogP contribution in [-0.4, -0.2) is 25.1 Å². The molecule has 0 bridgehead atoms. The predicted molar refractivity (Wildman–Crippen MR) is 109 cm³/mol. The zero-order valence-electron chi connectivity index (χ0n) is 16.3. The van der Waals surface area contributed by atoms with Gasteiger partial charge in [0.2, 0.25) is 0 Å². The van der Waals surface area contributed by atoms with E-state index in [-0.39, 0.29) is 18.5 Å². The Morgan fingerprint density at radius 1 is 1.00 bits per heavy atom. The number of hydrogen-bond donors (Lipinski definition) is 1. The Labute approximate surface area is 166 Å². The van der Waals surface area contributed by atoms with E-state index in [0.717, 1.165) is 31.4 Å². The van der Waals surface area contributed by atoms with Gasteiger partial charge in [0, 0.05) is 5.69 Å². The summed E-state index contributed by atoms with van der Waals surface area (Å²) in [5.41, 5.74) is 3.80. The molecule has 1 aliphatic rings. The molecule has 0 radical (unpaired) electrons. The van der Waals surface area contributed by atoms with E-state index < -0.39 is 0 Å². The Hall–Kier alpha value is -2.82. The minimum atomic E-state index is -0.345. The van der Waals surface area contributed by atoms with Crippen molar-refractivity contribution in [1.82, 2.24) is 0 Å². The third-order valence-electron chi connectivity index (χ3n) is 4.83. The summed E-state index contributed by atoms with van der Waals surface area (Å²) in [6.07, 6.45) is 6.48. The molecule has 0 heterocycles. The number of nitrogens with one attached hydrogen (secondary N) is 1. The molecule has 1 N–H and O–H groups in total. The van der Waals surface area contributed by atoms with E-state index in [9.17, 15) is 9.59 Å². The number of carbonyl (C=O) groups excluding carboxylic acids is 2. The van der Waals surface area contributed by atoms with Gasteiger partial charge in [0.05, 0.1) is 12.2 Å². The van der Waals surface area contributed by atoms with Crippen LogP contribution in [0.5, 0.6) is 5.75 Å². The maximum absolute atomic E-state index is 12.1. The lowest BCUT2D eigenvalue weighted by atomic mass is 9.92. The largest absolute Gasteiger partial charge is 0.484 e. The number of ether oxygens (including phenoxy) is 2. The smallest absolute Gasteiger partial charge is 0.338 e. The molecule has 0 aromatic heterocycles. The average Bonchev–Trinajstić information content (AvgIpc) is 2.73. The van der Waals surface area contributed by atoms with E-state index in [2.05, 4.69) is 11.4 Å². The molecule has 2 aromatic carbocycles. The van der Waals surface area contributed by atoms with Crippen molar-refractivity contribution < 1.29 is 19.1 Å². The SMILES string of the molecule is CCCCOC(=O)c1ccc(NC(=O)COc2ccc3c(c2)CCCC3)cc1. The lowest BCUT2D eigenvalue weighted by molar-refractivity contribution is -0.118. The van der Waals surface area contributed by atoms with E-state index >= 15 is 0 Å². The first-order chi connectivity index (χ1) is 13.7. The highest BCUT2D eigenvalue weighted by atomic mass is 16.5. The van der Waals surface area contributed by atoms with Crippen LogP contribution in [0.2, 0.25) is 0 Å². The van der Waals surface area contributed by atoms with Gasteiger partial charge in [0.25, 0.3) is 5.91 Å².